The minimum Gasteiger partial charge on any atom is -0.381 e. The lowest BCUT2D eigenvalue weighted by Crippen LogP contribution is -2.31. The van der Waals surface area contributed by atoms with Crippen molar-refractivity contribution in [1.29, 1.82) is 0 Å². The molecule has 0 spiro atoms. The molecule has 1 aliphatic heterocycles. The molecule has 21 heavy (non-hydrogen) atoms. The maximum absolute atomic E-state index is 13.4. The Morgan fingerprint density at radius 3 is 2.95 bits per heavy atom. The zero-order valence-electron chi connectivity index (χ0n) is 12.3. The van der Waals surface area contributed by atoms with E-state index >= 15 is 0 Å². The Labute approximate surface area is 125 Å². The monoisotopic (exact) mass is 315 g/mol. The fraction of sp³-hybridized carbons (Fsp3) is 0.600. The standard InChI is InChI=1S/C15H22FNO3S/c1-2-8-20-9-3-7-17-14-6-10-21(18,19)15-5-4-12(16)11-13(14)15/h4-5,11,14,17H,2-3,6-10H2,1H3. The molecule has 0 bridgehead atoms. The maximum Gasteiger partial charge on any atom is 0.178 e. The van der Waals surface area contributed by atoms with Crippen LogP contribution in [0.3, 0.4) is 0 Å². The molecule has 1 N–H and O–H groups in total. The highest BCUT2D eigenvalue weighted by atomic mass is 32.2. The first-order chi connectivity index (χ1) is 10.0. The predicted molar refractivity (Wildman–Crippen MR) is 79.5 cm³/mol. The van der Waals surface area contributed by atoms with E-state index in [-0.39, 0.29) is 16.7 Å². The van der Waals surface area contributed by atoms with E-state index in [2.05, 4.69) is 12.2 Å². The lowest BCUT2D eigenvalue weighted by atomic mass is 10.0. The molecular formula is C15H22FNO3S. The van der Waals surface area contributed by atoms with Crippen molar-refractivity contribution in [3.8, 4) is 0 Å². The van der Waals surface area contributed by atoms with Crippen LogP contribution in [0.5, 0.6) is 0 Å². The molecular weight excluding hydrogens is 293 g/mol. The molecule has 0 saturated carbocycles. The lowest BCUT2D eigenvalue weighted by molar-refractivity contribution is 0.131. The van der Waals surface area contributed by atoms with Gasteiger partial charge in [0.05, 0.1) is 10.6 Å². The summed E-state index contributed by atoms with van der Waals surface area (Å²) in [6, 6.07) is 3.80. The molecule has 118 valence electrons. The van der Waals surface area contributed by atoms with Crippen molar-refractivity contribution < 1.29 is 17.5 Å². The second-order valence-electron chi connectivity index (χ2n) is 5.26. The van der Waals surface area contributed by atoms with Crippen LogP contribution in [0.25, 0.3) is 0 Å². The van der Waals surface area contributed by atoms with E-state index < -0.39 is 15.7 Å². The van der Waals surface area contributed by atoms with Gasteiger partial charge in [-0.2, -0.15) is 0 Å². The normalized spacial score (nSPS) is 20.2. The summed E-state index contributed by atoms with van der Waals surface area (Å²) in [6.07, 6.45) is 2.34. The van der Waals surface area contributed by atoms with E-state index in [9.17, 15) is 12.8 Å². The molecule has 6 heteroatoms. The zero-order valence-corrected chi connectivity index (χ0v) is 13.1. The van der Waals surface area contributed by atoms with E-state index in [1.165, 1.54) is 18.2 Å². The number of sulfone groups is 1. The average molecular weight is 315 g/mol. The van der Waals surface area contributed by atoms with Crippen LogP contribution in [-0.2, 0) is 14.6 Å². The van der Waals surface area contributed by atoms with Gasteiger partial charge in [-0.15, -0.1) is 0 Å². The number of nitrogens with one attached hydrogen (secondary N) is 1. The van der Waals surface area contributed by atoms with Gasteiger partial charge in [0.2, 0.25) is 0 Å². The summed E-state index contributed by atoms with van der Waals surface area (Å²) >= 11 is 0. The van der Waals surface area contributed by atoms with Crippen LogP contribution in [-0.4, -0.2) is 33.9 Å². The van der Waals surface area contributed by atoms with Gasteiger partial charge in [-0.1, -0.05) is 6.92 Å². The van der Waals surface area contributed by atoms with Gasteiger partial charge in [0.15, 0.2) is 9.84 Å². The van der Waals surface area contributed by atoms with Gasteiger partial charge in [0.1, 0.15) is 5.82 Å². The quantitative estimate of drug-likeness (QED) is 0.620. The Morgan fingerprint density at radius 1 is 1.38 bits per heavy atom. The maximum atomic E-state index is 13.4. The Balaban J connectivity index is 1.98. The van der Waals surface area contributed by atoms with Crippen molar-refractivity contribution in [3.63, 3.8) is 0 Å². The van der Waals surface area contributed by atoms with Gasteiger partial charge in [0, 0.05) is 19.3 Å². The first-order valence-corrected chi connectivity index (χ1v) is 9.03. The Hall–Kier alpha value is -0.980. The molecule has 1 aliphatic rings. The fourth-order valence-corrected chi connectivity index (χ4v) is 4.12. The van der Waals surface area contributed by atoms with Crippen LogP contribution in [0.4, 0.5) is 4.39 Å². The Kier molecular flexibility index (Phi) is 5.72. The molecule has 0 amide bonds. The summed E-state index contributed by atoms with van der Waals surface area (Å²) in [7, 11) is -3.27. The molecule has 0 aliphatic carbocycles. The topological polar surface area (TPSA) is 55.4 Å². The average Bonchev–Trinajstić information content (AvgIpc) is 2.44. The van der Waals surface area contributed by atoms with Gasteiger partial charge in [0.25, 0.3) is 0 Å². The van der Waals surface area contributed by atoms with Crippen molar-refractivity contribution in [2.75, 3.05) is 25.5 Å². The van der Waals surface area contributed by atoms with Crippen LogP contribution < -0.4 is 5.32 Å². The third-order valence-electron chi connectivity index (χ3n) is 3.56. The van der Waals surface area contributed by atoms with Crippen LogP contribution in [0, 0.1) is 5.82 Å². The third kappa shape index (κ3) is 4.25. The lowest BCUT2D eigenvalue weighted by Gasteiger charge is -2.26. The largest absolute Gasteiger partial charge is 0.381 e. The van der Waals surface area contributed by atoms with Gasteiger partial charge >= 0.3 is 0 Å². The SMILES string of the molecule is CCCOCCCNC1CCS(=O)(=O)c2ccc(F)cc21. The molecule has 1 aromatic carbocycles. The second kappa shape index (κ2) is 7.33. The molecule has 1 aromatic rings. The van der Waals surface area contributed by atoms with E-state index in [1.54, 1.807) is 0 Å². The number of halogens is 1. The summed E-state index contributed by atoms with van der Waals surface area (Å²) in [5, 5.41) is 3.31. The molecule has 2 rings (SSSR count). The third-order valence-corrected chi connectivity index (χ3v) is 5.38. The van der Waals surface area contributed by atoms with Gasteiger partial charge in [-0.05, 0) is 49.6 Å². The Bertz CT molecular complexity index is 574. The highest BCUT2D eigenvalue weighted by Crippen LogP contribution is 2.32. The van der Waals surface area contributed by atoms with E-state index in [1.807, 2.05) is 0 Å². The van der Waals surface area contributed by atoms with Gasteiger partial charge in [-0.25, -0.2) is 12.8 Å². The van der Waals surface area contributed by atoms with E-state index in [0.29, 0.717) is 18.6 Å². The number of benzene rings is 1. The molecule has 0 radical (unpaired) electrons. The van der Waals surface area contributed by atoms with Crippen molar-refractivity contribution in [2.45, 2.75) is 37.1 Å². The molecule has 1 unspecified atom stereocenters. The summed E-state index contributed by atoms with van der Waals surface area (Å²) in [5.74, 6) is -0.292. The second-order valence-corrected chi connectivity index (χ2v) is 7.34. The molecule has 1 atom stereocenters. The summed E-state index contributed by atoms with van der Waals surface area (Å²) in [4.78, 5) is 0.259. The van der Waals surface area contributed by atoms with Crippen molar-refractivity contribution in [3.05, 3.63) is 29.6 Å². The molecule has 1 heterocycles. The van der Waals surface area contributed by atoms with Crippen molar-refractivity contribution in [2.24, 2.45) is 0 Å². The summed E-state index contributed by atoms with van der Waals surface area (Å²) < 4.78 is 42.8. The predicted octanol–water partition coefficient (Wildman–Crippen LogP) is 2.45. The number of ether oxygens (including phenoxy) is 1. The summed E-state index contributed by atoms with van der Waals surface area (Å²) in [5.41, 5.74) is 0.552. The Morgan fingerprint density at radius 2 is 2.19 bits per heavy atom. The van der Waals surface area contributed by atoms with Gasteiger partial charge in [-0.3, -0.25) is 0 Å². The smallest absolute Gasteiger partial charge is 0.178 e. The number of hydrogen-bond donors (Lipinski definition) is 1. The summed E-state index contributed by atoms with van der Waals surface area (Å²) in [6.45, 7) is 4.23. The highest BCUT2D eigenvalue weighted by Gasteiger charge is 2.30. The van der Waals surface area contributed by atoms with Crippen LogP contribution in [0.15, 0.2) is 23.1 Å². The number of fused-ring (bicyclic) bond motifs is 1. The highest BCUT2D eigenvalue weighted by molar-refractivity contribution is 7.91. The first-order valence-electron chi connectivity index (χ1n) is 7.38. The van der Waals surface area contributed by atoms with E-state index in [0.717, 1.165) is 26.0 Å². The number of hydrogen-bond acceptors (Lipinski definition) is 4. The molecule has 0 aromatic heterocycles. The van der Waals surface area contributed by atoms with Crippen LogP contribution in [0.1, 0.15) is 37.8 Å². The fourth-order valence-electron chi connectivity index (χ4n) is 2.52. The van der Waals surface area contributed by atoms with E-state index in [4.69, 9.17) is 4.74 Å². The number of rotatable bonds is 7. The van der Waals surface area contributed by atoms with Crippen molar-refractivity contribution >= 4 is 9.84 Å². The molecule has 0 fully saturated rings. The minimum absolute atomic E-state index is 0.106. The zero-order chi connectivity index (χ0) is 15.3. The first kappa shape index (κ1) is 16.4. The van der Waals surface area contributed by atoms with Crippen LogP contribution >= 0.6 is 0 Å². The van der Waals surface area contributed by atoms with Crippen LogP contribution in [0.2, 0.25) is 0 Å². The minimum atomic E-state index is -3.27. The molecule has 0 saturated heterocycles. The molecule has 4 nitrogen and oxygen atoms in total. The van der Waals surface area contributed by atoms with Crippen molar-refractivity contribution in [1.82, 2.24) is 5.32 Å². The van der Waals surface area contributed by atoms with Gasteiger partial charge < -0.3 is 10.1 Å².